The number of hydrogen-bond acceptors (Lipinski definition) is 5. The smallest absolute Gasteiger partial charge is 0.373 e. The number of rotatable bonds is 4. The van der Waals surface area contributed by atoms with Crippen molar-refractivity contribution in [2.24, 2.45) is 0 Å². The molecule has 0 aliphatic rings. The fourth-order valence-corrected chi connectivity index (χ4v) is 1.69. The van der Waals surface area contributed by atoms with E-state index in [1.807, 2.05) is 0 Å². The van der Waals surface area contributed by atoms with Gasteiger partial charge in [-0.3, -0.25) is 0 Å². The van der Waals surface area contributed by atoms with Crippen LogP contribution in [0.1, 0.15) is 11.1 Å². The number of benzene rings is 1. The summed E-state index contributed by atoms with van der Waals surface area (Å²) in [5.74, 6) is 1.15. The van der Waals surface area contributed by atoms with Crippen LogP contribution in [0.3, 0.4) is 0 Å². The zero-order valence-electron chi connectivity index (χ0n) is 11.2. The lowest BCUT2D eigenvalue weighted by atomic mass is 10.1. The maximum Gasteiger partial charge on any atom is 0.416 e. The number of alkyl halides is 3. The largest absolute Gasteiger partial charge is 0.416 e. The van der Waals surface area contributed by atoms with Crippen LogP contribution in [-0.4, -0.2) is 17.0 Å². The maximum absolute atomic E-state index is 12.4. The van der Waals surface area contributed by atoms with Crippen LogP contribution in [0.15, 0.2) is 30.3 Å². The molecule has 2 aromatic rings. The third-order valence-electron chi connectivity index (χ3n) is 2.75. The molecule has 0 unspecified atom stereocenters. The average molecular weight is 297 g/mol. The van der Waals surface area contributed by atoms with Crippen molar-refractivity contribution in [3.63, 3.8) is 0 Å². The number of hydrogen-bond donors (Lipinski definition) is 3. The molecular weight excluding hydrogens is 283 g/mol. The van der Waals surface area contributed by atoms with Crippen LogP contribution in [0.4, 0.5) is 30.8 Å². The van der Waals surface area contributed by atoms with Gasteiger partial charge in [0.2, 0.25) is 5.95 Å². The first kappa shape index (κ1) is 14.9. The van der Waals surface area contributed by atoms with E-state index in [4.69, 9.17) is 5.73 Å². The molecule has 0 radical (unpaired) electrons. The number of anilines is 3. The number of nitrogens with zero attached hydrogens (tertiary/aromatic N) is 2. The molecule has 0 aliphatic heterocycles. The first-order chi connectivity index (χ1) is 9.88. The lowest BCUT2D eigenvalue weighted by Crippen LogP contribution is -2.07. The predicted molar refractivity (Wildman–Crippen MR) is 74.8 cm³/mol. The molecular formula is C13H14F3N5. The Morgan fingerprint density at radius 2 is 1.71 bits per heavy atom. The molecule has 0 aliphatic carbocycles. The van der Waals surface area contributed by atoms with Crippen molar-refractivity contribution in [2.45, 2.75) is 12.7 Å². The molecule has 0 bridgehead atoms. The first-order valence-corrected chi connectivity index (χ1v) is 6.11. The summed E-state index contributed by atoms with van der Waals surface area (Å²) in [6.45, 7) is 0.331. The minimum absolute atomic E-state index is 0.108. The maximum atomic E-state index is 12.4. The highest BCUT2D eigenvalue weighted by Crippen LogP contribution is 2.29. The summed E-state index contributed by atoms with van der Waals surface area (Å²) in [6, 6.07) is 6.58. The SMILES string of the molecule is CNc1cc(NCc2ccc(C(F)(F)F)cc2)nc(N)n1. The van der Waals surface area contributed by atoms with Gasteiger partial charge >= 0.3 is 6.18 Å². The summed E-state index contributed by atoms with van der Waals surface area (Å²) in [5, 5.41) is 5.82. The predicted octanol–water partition coefficient (Wildman–Crippen LogP) is 2.73. The summed E-state index contributed by atoms with van der Waals surface area (Å²) in [4.78, 5) is 7.93. The van der Waals surface area contributed by atoms with E-state index in [-0.39, 0.29) is 5.95 Å². The minimum Gasteiger partial charge on any atom is -0.373 e. The van der Waals surface area contributed by atoms with Gasteiger partial charge in [-0.2, -0.15) is 23.1 Å². The molecule has 112 valence electrons. The van der Waals surface area contributed by atoms with Gasteiger partial charge in [-0.05, 0) is 17.7 Å². The Balaban J connectivity index is 2.05. The van der Waals surface area contributed by atoms with E-state index < -0.39 is 11.7 Å². The lowest BCUT2D eigenvalue weighted by Gasteiger charge is -2.10. The third-order valence-corrected chi connectivity index (χ3v) is 2.75. The molecule has 0 saturated heterocycles. The monoisotopic (exact) mass is 297 g/mol. The van der Waals surface area contributed by atoms with Gasteiger partial charge in [0.25, 0.3) is 0 Å². The molecule has 1 aromatic heterocycles. The second-order valence-electron chi connectivity index (χ2n) is 4.29. The Bertz CT molecular complexity index is 610. The highest BCUT2D eigenvalue weighted by Gasteiger charge is 2.29. The third kappa shape index (κ3) is 3.98. The van der Waals surface area contributed by atoms with Gasteiger partial charge in [-0.25, -0.2) is 0 Å². The zero-order valence-corrected chi connectivity index (χ0v) is 11.2. The van der Waals surface area contributed by atoms with E-state index in [0.717, 1.165) is 12.1 Å². The summed E-state index contributed by atoms with van der Waals surface area (Å²) in [6.07, 6.45) is -4.32. The molecule has 0 atom stereocenters. The number of halogens is 3. The fourth-order valence-electron chi connectivity index (χ4n) is 1.69. The molecule has 5 nitrogen and oxygen atoms in total. The average Bonchev–Trinajstić information content (AvgIpc) is 2.44. The summed E-state index contributed by atoms with van der Waals surface area (Å²) in [5.41, 5.74) is 5.57. The topological polar surface area (TPSA) is 75.9 Å². The van der Waals surface area contributed by atoms with Gasteiger partial charge in [-0.1, -0.05) is 12.1 Å². The summed E-state index contributed by atoms with van der Waals surface area (Å²) in [7, 11) is 1.70. The van der Waals surface area contributed by atoms with Crippen molar-refractivity contribution < 1.29 is 13.2 Å². The van der Waals surface area contributed by atoms with Crippen molar-refractivity contribution in [3.05, 3.63) is 41.5 Å². The normalized spacial score (nSPS) is 11.2. The van der Waals surface area contributed by atoms with Crippen LogP contribution in [0.2, 0.25) is 0 Å². The molecule has 2 rings (SSSR count). The summed E-state index contributed by atoms with van der Waals surface area (Å²) >= 11 is 0. The second kappa shape index (κ2) is 5.86. The van der Waals surface area contributed by atoms with Crippen molar-refractivity contribution in [3.8, 4) is 0 Å². The molecule has 0 spiro atoms. The number of aromatic nitrogens is 2. The van der Waals surface area contributed by atoms with Crippen LogP contribution in [0.5, 0.6) is 0 Å². The molecule has 4 N–H and O–H groups in total. The van der Waals surface area contributed by atoms with Gasteiger partial charge < -0.3 is 16.4 Å². The van der Waals surface area contributed by atoms with E-state index in [2.05, 4.69) is 20.6 Å². The highest BCUT2D eigenvalue weighted by atomic mass is 19.4. The fraction of sp³-hybridized carbons (Fsp3) is 0.231. The Labute approximate surface area is 119 Å². The Morgan fingerprint density at radius 3 is 2.29 bits per heavy atom. The minimum atomic E-state index is -4.32. The number of nitrogens with two attached hydrogens (primary N) is 1. The highest BCUT2D eigenvalue weighted by molar-refractivity contribution is 5.50. The molecule has 21 heavy (non-hydrogen) atoms. The van der Waals surface area contributed by atoms with Crippen LogP contribution in [0, 0.1) is 0 Å². The molecule has 8 heteroatoms. The van der Waals surface area contributed by atoms with Crippen molar-refractivity contribution in [2.75, 3.05) is 23.4 Å². The van der Waals surface area contributed by atoms with Crippen LogP contribution in [0.25, 0.3) is 0 Å². The van der Waals surface area contributed by atoms with Crippen molar-refractivity contribution in [1.82, 2.24) is 9.97 Å². The number of nitrogen functional groups attached to an aromatic ring is 1. The van der Waals surface area contributed by atoms with Crippen molar-refractivity contribution in [1.29, 1.82) is 0 Å². The zero-order chi connectivity index (χ0) is 15.5. The van der Waals surface area contributed by atoms with E-state index >= 15 is 0 Å². The van der Waals surface area contributed by atoms with Crippen LogP contribution < -0.4 is 16.4 Å². The molecule has 0 amide bonds. The molecule has 1 heterocycles. The number of nitrogens with one attached hydrogen (secondary N) is 2. The van der Waals surface area contributed by atoms with Gasteiger partial charge in [0, 0.05) is 19.7 Å². The van der Waals surface area contributed by atoms with Crippen molar-refractivity contribution >= 4 is 17.6 Å². The van der Waals surface area contributed by atoms with Crippen LogP contribution >= 0.6 is 0 Å². The van der Waals surface area contributed by atoms with E-state index in [0.29, 0.717) is 23.7 Å². The second-order valence-corrected chi connectivity index (χ2v) is 4.29. The lowest BCUT2D eigenvalue weighted by molar-refractivity contribution is -0.137. The van der Waals surface area contributed by atoms with E-state index in [1.54, 1.807) is 13.1 Å². The van der Waals surface area contributed by atoms with E-state index in [1.165, 1.54) is 12.1 Å². The van der Waals surface area contributed by atoms with Gasteiger partial charge in [0.05, 0.1) is 5.56 Å². The molecule has 0 saturated carbocycles. The molecule has 0 fully saturated rings. The quantitative estimate of drug-likeness (QED) is 0.809. The summed E-state index contributed by atoms with van der Waals surface area (Å²) < 4.78 is 37.3. The van der Waals surface area contributed by atoms with Crippen LogP contribution in [-0.2, 0) is 12.7 Å². The standard InChI is InChI=1S/C13H14F3N5/c1-18-10-6-11(21-12(17)20-10)19-7-8-2-4-9(5-3-8)13(14,15)16/h2-6H,7H2,1H3,(H4,17,18,19,20,21). The van der Waals surface area contributed by atoms with Gasteiger partial charge in [0.1, 0.15) is 11.6 Å². The molecule has 1 aromatic carbocycles. The Morgan fingerprint density at radius 1 is 1.10 bits per heavy atom. The van der Waals surface area contributed by atoms with Gasteiger partial charge in [0.15, 0.2) is 0 Å². The Hall–Kier alpha value is -2.51. The first-order valence-electron chi connectivity index (χ1n) is 6.11. The Kier molecular flexibility index (Phi) is 4.15. The van der Waals surface area contributed by atoms with E-state index in [9.17, 15) is 13.2 Å². The van der Waals surface area contributed by atoms with Gasteiger partial charge in [-0.15, -0.1) is 0 Å².